The molecule has 3 aromatic carbocycles. The molecule has 30 heavy (non-hydrogen) atoms. The normalized spacial score (nSPS) is 17.1. The minimum atomic E-state index is -0.818. The lowest BCUT2D eigenvalue weighted by Gasteiger charge is -2.25. The molecule has 7 heteroatoms. The summed E-state index contributed by atoms with van der Waals surface area (Å²) in [5.41, 5.74) is 2.63. The van der Waals surface area contributed by atoms with Crippen LogP contribution in [0.2, 0.25) is 0 Å². The summed E-state index contributed by atoms with van der Waals surface area (Å²) in [7, 11) is 0. The van der Waals surface area contributed by atoms with Gasteiger partial charge in [-0.05, 0) is 41.5 Å². The number of amides is 2. The summed E-state index contributed by atoms with van der Waals surface area (Å²) in [4.78, 5) is 26.6. The van der Waals surface area contributed by atoms with Crippen molar-refractivity contribution in [2.24, 2.45) is 0 Å². The maximum absolute atomic E-state index is 13.7. The van der Waals surface area contributed by atoms with Crippen molar-refractivity contribution in [3.8, 4) is 0 Å². The van der Waals surface area contributed by atoms with E-state index >= 15 is 0 Å². The van der Waals surface area contributed by atoms with Crippen molar-refractivity contribution in [2.45, 2.75) is 10.8 Å². The molecule has 1 heterocycles. The first-order valence-corrected chi connectivity index (χ1v) is 10.8. The fraction of sp³-hybridized carbons (Fsp3) is 0.130. The molecule has 4 rings (SSSR count). The second kappa shape index (κ2) is 8.90. The van der Waals surface area contributed by atoms with Crippen molar-refractivity contribution in [2.75, 3.05) is 16.0 Å². The number of hydrogen-bond donors (Lipinski definition) is 1. The van der Waals surface area contributed by atoms with Gasteiger partial charge in [-0.15, -0.1) is 23.4 Å². The summed E-state index contributed by atoms with van der Waals surface area (Å²) < 4.78 is 13.7. The molecule has 0 aromatic heterocycles. The first kappa shape index (κ1) is 20.4. The van der Waals surface area contributed by atoms with Crippen LogP contribution in [0.4, 0.5) is 15.8 Å². The molecule has 0 aliphatic carbocycles. The van der Waals surface area contributed by atoms with E-state index in [0.717, 1.165) is 5.56 Å². The van der Waals surface area contributed by atoms with E-state index in [0.29, 0.717) is 22.7 Å². The zero-order chi connectivity index (χ0) is 21.1. The van der Waals surface area contributed by atoms with Gasteiger partial charge in [-0.3, -0.25) is 14.5 Å². The number of alkyl halides is 1. The Labute approximate surface area is 183 Å². The molecule has 1 saturated heterocycles. The molecule has 1 aliphatic rings. The third kappa shape index (κ3) is 4.35. The highest BCUT2D eigenvalue weighted by atomic mass is 35.5. The van der Waals surface area contributed by atoms with Crippen LogP contribution in [0.25, 0.3) is 0 Å². The minimum absolute atomic E-state index is 0.0880. The monoisotopic (exact) mass is 440 g/mol. The second-order valence-electron chi connectivity index (χ2n) is 6.79. The number of carbonyl (C=O) groups excluding carboxylic acids is 2. The van der Waals surface area contributed by atoms with Crippen LogP contribution >= 0.6 is 23.4 Å². The van der Waals surface area contributed by atoms with E-state index in [9.17, 15) is 14.0 Å². The number of anilines is 2. The van der Waals surface area contributed by atoms with Crippen LogP contribution in [-0.4, -0.2) is 17.6 Å². The molecule has 1 aliphatic heterocycles. The van der Waals surface area contributed by atoms with Crippen LogP contribution < -0.4 is 10.2 Å². The SMILES string of the molecule is O=C(Nc1cccc([C@H]2SCC(=O)N2c2cccc(F)c2)c1)[C@H](Cl)c1ccccc1. The van der Waals surface area contributed by atoms with Crippen LogP contribution in [0.3, 0.4) is 0 Å². The van der Waals surface area contributed by atoms with Gasteiger partial charge in [-0.25, -0.2) is 4.39 Å². The number of rotatable bonds is 5. The quantitative estimate of drug-likeness (QED) is 0.531. The Bertz CT molecular complexity index is 1080. The van der Waals surface area contributed by atoms with Crippen molar-refractivity contribution in [1.82, 2.24) is 0 Å². The molecule has 3 aromatic rings. The molecule has 1 N–H and O–H groups in total. The Morgan fingerprint density at radius 3 is 2.60 bits per heavy atom. The van der Waals surface area contributed by atoms with Crippen LogP contribution in [0.5, 0.6) is 0 Å². The van der Waals surface area contributed by atoms with E-state index in [2.05, 4.69) is 5.32 Å². The summed E-state index contributed by atoms with van der Waals surface area (Å²) >= 11 is 7.76. The van der Waals surface area contributed by atoms with Gasteiger partial charge in [0.05, 0.1) is 5.75 Å². The van der Waals surface area contributed by atoms with Gasteiger partial charge in [-0.2, -0.15) is 0 Å². The Balaban J connectivity index is 1.55. The van der Waals surface area contributed by atoms with Gasteiger partial charge in [0.25, 0.3) is 0 Å². The molecule has 0 saturated carbocycles. The Hall–Kier alpha value is -2.83. The Kier molecular flexibility index (Phi) is 6.06. The molecule has 152 valence electrons. The molecule has 0 spiro atoms. The lowest BCUT2D eigenvalue weighted by molar-refractivity contribution is -0.116. The number of nitrogens with zero attached hydrogens (tertiary/aromatic N) is 1. The van der Waals surface area contributed by atoms with Gasteiger partial charge in [0.2, 0.25) is 11.8 Å². The zero-order valence-electron chi connectivity index (χ0n) is 15.8. The molecular weight excluding hydrogens is 423 g/mol. The molecule has 1 fully saturated rings. The third-order valence-corrected chi connectivity index (χ3v) is 6.38. The largest absolute Gasteiger partial charge is 0.324 e. The van der Waals surface area contributed by atoms with Gasteiger partial charge < -0.3 is 5.32 Å². The van der Waals surface area contributed by atoms with E-state index < -0.39 is 11.2 Å². The lowest BCUT2D eigenvalue weighted by Crippen LogP contribution is -2.28. The van der Waals surface area contributed by atoms with Gasteiger partial charge in [0, 0.05) is 11.4 Å². The summed E-state index contributed by atoms with van der Waals surface area (Å²) in [5, 5.41) is 1.71. The van der Waals surface area contributed by atoms with Gasteiger partial charge in [0.1, 0.15) is 16.6 Å². The van der Waals surface area contributed by atoms with Crippen LogP contribution in [-0.2, 0) is 9.59 Å². The predicted octanol–water partition coefficient (Wildman–Crippen LogP) is 5.52. The van der Waals surface area contributed by atoms with Crippen molar-refractivity contribution >= 4 is 46.6 Å². The molecule has 2 atom stereocenters. The van der Waals surface area contributed by atoms with Crippen LogP contribution in [0, 0.1) is 5.82 Å². The summed E-state index contributed by atoms with van der Waals surface area (Å²) in [6.45, 7) is 0. The van der Waals surface area contributed by atoms with Crippen molar-refractivity contribution in [3.63, 3.8) is 0 Å². The number of hydrogen-bond acceptors (Lipinski definition) is 3. The minimum Gasteiger partial charge on any atom is -0.324 e. The highest BCUT2D eigenvalue weighted by Crippen LogP contribution is 2.42. The van der Waals surface area contributed by atoms with E-state index in [-0.39, 0.29) is 17.2 Å². The van der Waals surface area contributed by atoms with E-state index in [4.69, 9.17) is 11.6 Å². The third-order valence-electron chi connectivity index (χ3n) is 4.72. The first-order chi connectivity index (χ1) is 14.5. The fourth-order valence-electron chi connectivity index (χ4n) is 3.32. The summed E-state index contributed by atoms with van der Waals surface area (Å²) in [6, 6.07) is 22.4. The highest BCUT2D eigenvalue weighted by molar-refractivity contribution is 8.00. The number of benzene rings is 3. The topological polar surface area (TPSA) is 49.4 Å². The van der Waals surface area contributed by atoms with Gasteiger partial charge in [-0.1, -0.05) is 48.5 Å². The maximum Gasteiger partial charge on any atom is 0.246 e. The van der Waals surface area contributed by atoms with Crippen molar-refractivity contribution in [3.05, 3.63) is 95.8 Å². The number of thioether (sulfide) groups is 1. The highest BCUT2D eigenvalue weighted by Gasteiger charge is 2.34. The summed E-state index contributed by atoms with van der Waals surface area (Å²) in [6.07, 6.45) is 0. The summed E-state index contributed by atoms with van der Waals surface area (Å²) in [5.74, 6) is -0.520. The van der Waals surface area contributed by atoms with Crippen LogP contribution in [0.1, 0.15) is 21.9 Å². The smallest absolute Gasteiger partial charge is 0.246 e. The van der Waals surface area contributed by atoms with E-state index in [1.807, 2.05) is 36.4 Å². The maximum atomic E-state index is 13.7. The number of nitrogens with one attached hydrogen (secondary N) is 1. The molecule has 0 radical (unpaired) electrons. The Morgan fingerprint density at radius 2 is 1.83 bits per heavy atom. The Morgan fingerprint density at radius 1 is 1.07 bits per heavy atom. The number of carbonyl (C=O) groups is 2. The van der Waals surface area contributed by atoms with Crippen molar-refractivity contribution < 1.29 is 14.0 Å². The second-order valence-corrected chi connectivity index (χ2v) is 8.30. The fourth-order valence-corrected chi connectivity index (χ4v) is 4.69. The van der Waals surface area contributed by atoms with Gasteiger partial charge in [0.15, 0.2) is 0 Å². The van der Waals surface area contributed by atoms with Crippen molar-refractivity contribution in [1.29, 1.82) is 0 Å². The standard InChI is InChI=1S/C23H18ClFN2O2S/c24-21(15-6-2-1-3-7-15)22(29)26-18-10-4-8-16(12-18)23-27(20(28)14-30-23)19-11-5-9-17(25)13-19/h1-13,21,23H,14H2,(H,26,29)/t21-,23-/m1/s1. The predicted molar refractivity (Wildman–Crippen MR) is 119 cm³/mol. The molecular formula is C23H18ClFN2O2S. The molecule has 2 amide bonds. The lowest BCUT2D eigenvalue weighted by atomic mass is 10.1. The molecule has 0 bridgehead atoms. The molecule has 4 nitrogen and oxygen atoms in total. The van der Waals surface area contributed by atoms with E-state index in [1.165, 1.54) is 23.9 Å². The van der Waals surface area contributed by atoms with Crippen LogP contribution in [0.15, 0.2) is 78.9 Å². The number of halogens is 2. The zero-order valence-corrected chi connectivity index (χ0v) is 17.4. The average Bonchev–Trinajstić information content (AvgIpc) is 3.15. The first-order valence-electron chi connectivity index (χ1n) is 9.32. The van der Waals surface area contributed by atoms with E-state index in [1.54, 1.807) is 35.2 Å². The molecule has 0 unspecified atom stereocenters. The average molecular weight is 441 g/mol. The van der Waals surface area contributed by atoms with Gasteiger partial charge >= 0.3 is 0 Å².